The lowest BCUT2D eigenvalue weighted by Crippen LogP contribution is -2.32. The van der Waals surface area contributed by atoms with Gasteiger partial charge >= 0.3 is 0 Å². The number of carbonyl (C=O) groups excluding carboxylic acids is 2. The number of hydrogen-bond donors (Lipinski definition) is 1. The van der Waals surface area contributed by atoms with E-state index in [1.54, 1.807) is 17.5 Å². The van der Waals surface area contributed by atoms with Gasteiger partial charge in [-0.15, -0.1) is 11.3 Å². The van der Waals surface area contributed by atoms with E-state index in [0.29, 0.717) is 35.9 Å². The van der Waals surface area contributed by atoms with Crippen molar-refractivity contribution < 1.29 is 9.59 Å². The van der Waals surface area contributed by atoms with Crippen LogP contribution in [0.4, 0.5) is 0 Å². The quantitative estimate of drug-likeness (QED) is 0.179. The van der Waals surface area contributed by atoms with Crippen molar-refractivity contribution >= 4 is 34.8 Å². The van der Waals surface area contributed by atoms with E-state index in [9.17, 15) is 9.59 Å². The molecular weight excluding hydrogens is 552 g/mol. The molecule has 0 saturated heterocycles. The molecule has 0 bridgehead atoms. The molecule has 0 aliphatic carbocycles. The number of carbonyl (C=O) groups is 2. The largest absolute Gasteiger partial charge is 0.343 e. The lowest BCUT2D eigenvalue weighted by atomic mass is 9.98. The third kappa shape index (κ3) is 6.93. The molecule has 5 aromatic rings. The van der Waals surface area contributed by atoms with Crippen LogP contribution < -0.4 is 5.32 Å². The monoisotopic (exact) mass is 582 g/mol. The summed E-state index contributed by atoms with van der Waals surface area (Å²) in [5.74, 6) is -0.317. The van der Waals surface area contributed by atoms with E-state index in [1.165, 1.54) is 11.3 Å². The number of amides is 2. The molecule has 1 N–H and O–H groups in total. The molecule has 0 fully saturated rings. The summed E-state index contributed by atoms with van der Waals surface area (Å²) in [6.45, 7) is 3.61. The lowest BCUT2D eigenvalue weighted by molar-refractivity contribution is 0.0739. The molecule has 0 unspecified atom stereocenters. The Morgan fingerprint density at radius 2 is 1.59 bits per heavy atom. The maximum absolute atomic E-state index is 13.3. The van der Waals surface area contributed by atoms with E-state index < -0.39 is 0 Å². The van der Waals surface area contributed by atoms with Gasteiger partial charge < -0.3 is 14.8 Å². The second-order valence-corrected chi connectivity index (χ2v) is 11.0. The summed E-state index contributed by atoms with van der Waals surface area (Å²) in [6.07, 6.45) is 2.80. The van der Waals surface area contributed by atoms with Crippen molar-refractivity contribution in [1.29, 1.82) is 0 Å². The number of thiazole rings is 1. The fraction of sp³-hybridized carbons (Fsp3) is 0.182. The molecule has 3 aromatic carbocycles. The Labute approximate surface area is 249 Å². The maximum atomic E-state index is 13.3. The zero-order chi connectivity index (χ0) is 28.6. The molecule has 0 aliphatic heterocycles. The first-order valence-electron chi connectivity index (χ1n) is 13.6. The first-order valence-corrected chi connectivity index (χ1v) is 14.8. The average molecular weight is 583 g/mol. The van der Waals surface area contributed by atoms with Crippen LogP contribution in [-0.2, 0) is 13.1 Å². The van der Waals surface area contributed by atoms with Crippen LogP contribution in [0.15, 0.2) is 109 Å². The van der Waals surface area contributed by atoms with Crippen LogP contribution in [-0.4, -0.2) is 32.8 Å². The predicted octanol–water partition coefficient (Wildman–Crippen LogP) is 7.22. The summed E-state index contributed by atoms with van der Waals surface area (Å²) in [5, 5.41) is 6.22. The molecule has 6 nitrogen and oxygen atoms in total. The van der Waals surface area contributed by atoms with Gasteiger partial charge in [-0.25, -0.2) is 4.98 Å². The van der Waals surface area contributed by atoms with Gasteiger partial charge in [0.2, 0.25) is 0 Å². The van der Waals surface area contributed by atoms with Crippen LogP contribution in [0.2, 0.25) is 5.02 Å². The summed E-state index contributed by atoms with van der Waals surface area (Å²) < 4.78 is 2.07. The summed E-state index contributed by atoms with van der Waals surface area (Å²) in [4.78, 5) is 33.1. The first-order chi connectivity index (χ1) is 20.0. The topological polar surface area (TPSA) is 67.2 Å². The standard InChI is InChI=1S/C33H31ClN4O2S/c1-2-19-38(33(40)27-17-9-10-18-28(27)34)21-26-16-11-20-37(26)22-30-35-29(23-41-30)32(39)36-31(24-12-5-3-6-13-24)25-14-7-4-8-15-25/h3-18,20,23,31H,2,19,21-22H2,1H3,(H,36,39). The van der Waals surface area contributed by atoms with E-state index in [0.717, 1.165) is 28.2 Å². The van der Waals surface area contributed by atoms with Gasteiger partial charge in [-0.2, -0.15) is 0 Å². The Balaban J connectivity index is 1.29. The molecule has 0 radical (unpaired) electrons. The van der Waals surface area contributed by atoms with Crippen LogP contribution >= 0.6 is 22.9 Å². The Morgan fingerprint density at radius 3 is 2.24 bits per heavy atom. The van der Waals surface area contributed by atoms with Crippen LogP contribution in [0.3, 0.4) is 0 Å². The normalized spacial score (nSPS) is 11.0. The summed E-state index contributed by atoms with van der Waals surface area (Å²) >= 11 is 7.77. The van der Waals surface area contributed by atoms with E-state index in [1.807, 2.05) is 103 Å². The fourth-order valence-electron chi connectivity index (χ4n) is 4.76. The van der Waals surface area contributed by atoms with Gasteiger partial charge in [0.05, 0.1) is 29.7 Å². The van der Waals surface area contributed by atoms with Gasteiger partial charge in [0.25, 0.3) is 11.8 Å². The SMILES string of the molecule is CCCN(Cc1cccn1Cc1nc(C(=O)NC(c2ccccc2)c2ccccc2)cs1)C(=O)c1ccccc1Cl. The number of aromatic nitrogens is 2. The van der Waals surface area contributed by atoms with Gasteiger partial charge in [-0.1, -0.05) is 91.3 Å². The van der Waals surface area contributed by atoms with E-state index >= 15 is 0 Å². The highest BCUT2D eigenvalue weighted by Crippen LogP contribution is 2.24. The molecule has 2 heterocycles. The van der Waals surface area contributed by atoms with Crippen LogP contribution in [0.1, 0.15) is 62.1 Å². The Kier molecular flexibility index (Phi) is 9.29. The minimum absolute atomic E-state index is 0.0928. The van der Waals surface area contributed by atoms with Crippen molar-refractivity contribution in [2.24, 2.45) is 0 Å². The number of benzene rings is 3. The van der Waals surface area contributed by atoms with Crippen LogP contribution in [0, 0.1) is 0 Å². The fourth-order valence-corrected chi connectivity index (χ4v) is 5.75. The summed E-state index contributed by atoms with van der Waals surface area (Å²) in [6, 6.07) is 30.7. The predicted molar refractivity (Wildman–Crippen MR) is 164 cm³/mol. The molecule has 0 spiro atoms. The second kappa shape index (κ2) is 13.4. The van der Waals surface area contributed by atoms with E-state index in [-0.39, 0.29) is 17.9 Å². The molecule has 2 aromatic heterocycles. The van der Waals surface area contributed by atoms with E-state index in [4.69, 9.17) is 11.6 Å². The molecular formula is C33H31ClN4O2S. The lowest BCUT2D eigenvalue weighted by Gasteiger charge is -2.23. The third-order valence-electron chi connectivity index (χ3n) is 6.79. The Morgan fingerprint density at radius 1 is 0.927 bits per heavy atom. The van der Waals surface area contributed by atoms with E-state index in [2.05, 4.69) is 14.9 Å². The number of nitrogens with one attached hydrogen (secondary N) is 1. The molecule has 0 aliphatic rings. The summed E-state index contributed by atoms with van der Waals surface area (Å²) in [5.41, 5.74) is 3.87. The van der Waals surface area contributed by atoms with Crippen molar-refractivity contribution in [3.63, 3.8) is 0 Å². The smallest absolute Gasteiger partial charge is 0.271 e. The third-order valence-corrected chi connectivity index (χ3v) is 7.96. The molecule has 5 rings (SSSR count). The minimum atomic E-state index is -0.286. The van der Waals surface area contributed by atoms with Gasteiger partial charge in [0.15, 0.2) is 0 Å². The minimum Gasteiger partial charge on any atom is -0.343 e. The molecule has 8 heteroatoms. The van der Waals surface area contributed by atoms with Gasteiger partial charge in [-0.05, 0) is 41.8 Å². The molecule has 41 heavy (non-hydrogen) atoms. The number of halogens is 1. The average Bonchev–Trinajstić information content (AvgIpc) is 3.66. The zero-order valence-electron chi connectivity index (χ0n) is 22.7. The molecule has 0 atom stereocenters. The Bertz CT molecular complexity index is 1560. The molecule has 0 saturated carbocycles. The molecule has 208 valence electrons. The zero-order valence-corrected chi connectivity index (χ0v) is 24.3. The highest BCUT2D eigenvalue weighted by molar-refractivity contribution is 7.09. The van der Waals surface area contributed by atoms with Gasteiger partial charge in [-0.3, -0.25) is 9.59 Å². The number of nitrogens with zero attached hydrogens (tertiary/aromatic N) is 3. The van der Waals surface area contributed by atoms with Gasteiger partial charge in [0.1, 0.15) is 10.7 Å². The van der Waals surface area contributed by atoms with Crippen LogP contribution in [0.5, 0.6) is 0 Å². The van der Waals surface area contributed by atoms with Crippen LogP contribution in [0.25, 0.3) is 0 Å². The first kappa shape index (κ1) is 28.3. The van der Waals surface area contributed by atoms with Gasteiger partial charge in [0, 0.05) is 23.8 Å². The maximum Gasteiger partial charge on any atom is 0.271 e. The molecule has 2 amide bonds. The van der Waals surface area contributed by atoms with Crippen molar-refractivity contribution in [3.05, 3.63) is 147 Å². The number of rotatable bonds is 11. The highest BCUT2D eigenvalue weighted by Gasteiger charge is 2.21. The van der Waals surface area contributed by atoms with Crippen molar-refractivity contribution in [1.82, 2.24) is 19.8 Å². The number of hydrogen-bond acceptors (Lipinski definition) is 4. The van der Waals surface area contributed by atoms with Crippen molar-refractivity contribution in [2.75, 3.05) is 6.54 Å². The highest BCUT2D eigenvalue weighted by atomic mass is 35.5. The summed E-state index contributed by atoms with van der Waals surface area (Å²) in [7, 11) is 0. The Hall–Kier alpha value is -4.20. The van der Waals surface area contributed by atoms with Crippen molar-refractivity contribution in [2.45, 2.75) is 32.5 Å². The van der Waals surface area contributed by atoms with Crippen molar-refractivity contribution in [3.8, 4) is 0 Å². The second-order valence-electron chi connectivity index (χ2n) is 9.69.